The molecule has 20 heavy (non-hydrogen) atoms. The molecule has 0 fully saturated rings. The van der Waals surface area contributed by atoms with E-state index in [0.717, 1.165) is 3.57 Å². The van der Waals surface area contributed by atoms with Crippen molar-refractivity contribution in [3.05, 3.63) is 57.4 Å². The first-order valence-corrected chi connectivity index (χ1v) is 7.17. The predicted molar refractivity (Wildman–Crippen MR) is 84.7 cm³/mol. The fourth-order valence-corrected chi connectivity index (χ4v) is 2.13. The molecule has 0 spiro atoms. The third-order valence-corrected chi connectivity index (χ3v) is 3.26. The van der Waals surface area contributed by atoms with Crippen LogP contribution in [0, 0.1) is 9.39 Å². The molecule has 0 saturated carbocycles. The molecule has 0 saturated heterocycles. The van der Waals surface area contributed by atoms with Crippen molar-refractivity contribution in [1.29, 1.82) is 0 Å². The van der Waals surface area contributed by atoms with Gasteiger partial charge in [-0.25, -0.2) is 4.39 Å². The summed E-state index contributed by atoms with van der Waals surface area (Å²) in [5, 5.41) is 2.55. The van der Waals surface area contributed by atoms with Crippen LogP contribution < -0.4 is 10.1 Å². The maximum Gasteiger partial charge on any atom is 0.255 e. The number of amides is 1. The van der Waals surface area contributed by atoms with Gasteiger partial charge in [0.15, 0.2) is 0 Å². The Morgan fingerprint density at radius 2 is 2.10 bits per heavy atom. The Labute approximate surface area is 130 Å². The van der Waals surface area contributed by atoms with Gasteiger partial charge in [-0.15, -0.1) is 0 Å². The van der Waals surface area contributed by atoms with Crippen LogP contribution in [0.3, 0.4) is 0 Å². The number of halogens is 2. The van der Waals surface area contributed by atoms with Crippen molar-refractivity contribution in [2.45, 2.75) is 6.92 Å². The van der Waals surface area contributed by atoms with Gasteiger partial charge in [-0.2, -0.15) is 0 Å². The third kappa shape index (κ3) is 3.69. The highest BCUT2D eigenvalue weighted by atomic mass is 127. The lowest BCUT2D eigenvalue weighted by Gasteiger charge is -2.08. The minimum atomic E-state index is -0.453. The summed E-state index contributed by atoms with van der Waals surface area (Å²) in [7, 11) is 0. The molecule has 2 aromatic rings. The van der Waals surface area contributed by atoms with Crippen molar-refractivity contribution in [2.75, 3.05) is 11.9 Å². The summed E-state index contributed by atoms with van der Waals surface area (Å²) in [6.07, 6.45) is 0. The van der Waals surface area contributed by atoms with Crippen LogP contribution >= 0.6 is 22.6 Å². The van der Waals surface area contributed by atoms with E-state index in [9.17, 15) is 9.18 Å². The number of carbonyl (C=O) groups excluding carboxylic acids is 1. The molecule has 0 aliphatic carbocycles. The molecule has 0 radical (unpaired) electrons. The second kappa shape index (κ2) is 6.69. The van der Waals surface area contributed by atoms with Gasteiger partial charge < -0.3 is 10.1 Å². The van der Waals surface area contributed by atoms with E-state index in [1.54, 1.807) is 36.4 Å². The minimum Gasteiger partial charge on any atom is -0.494 e. The number of benzene rings is 2. The Hall–Kier alpha value is -1.63. The molecular weight excluding hydrogens is 372 g/mol. The summed E-state index contributed by atoms with van der Waals surface area (Å²) < 4.78 is 19.8. The van der Waals surface area contributed by atoms with Gasteiger partial charge in [0.2, 0.25) is 0 Å². The molecular formula is C15H13FINO2. The predicted octanol–water partition coefficient (Wildman–Crippen LogP) is 4.08. The van der Waals surface area contributed by atoms with E-state index in [0.29, 0.717) is 17.9 Å². The van der Waals surface area contributed by atoms with Crippen LogP contribution in [0.4, 0.5) is 10.1 Å². The van der Waals surface area contributed by atoms with Crippen molar-refractivity contribution >= 4 is 34.2 Å². The van der Waals surface area contributed by atoms with Crippen LogP contribution in [0.1, 0.15) is 17.3 Å². The van der Waals surface area contributed by atoms with Gasteiger partial charge >= 0.3 is 0 Å². The van der Waals surface area contributed by atoms with Crippen molar-refractivity contribution in [3.63, 3.8) is 0 Å². The van der Waals surface area contributed by atoms with E-state index in [2.05, 4.69) is 5.32 Å². The second-order valence-electron chi connectivity index (χ2n) is 4.04. The number of hydrogen-bond donors (Lipinski definition) is 1. The zero-order valence-electron chi connectivity index (χ0n) is 10.8. The molecule has 1 N–H and O–H groups in total. The number of anilines is 1. The summed E-state index contributed by atoms with van der Waals surface area (Å²) in [6.45, 7) is 2.39. The first-order valence-electron chi connectivity index (χ1n) is 6.09. The van der Waals surface area contributed by atoms with Gasteiger partial charge in [0.25, 0.3) is 5.91 Å². The molecule has 0 atom stereocenters. The number of rotatable bonds is 4. The molecule has 2 aromatic carbocycles. The molecule has 104 valence electrons. The SMILES string of the molecule is CCOc1cccc(C(=O)Nc2ccc(I)cc2F)c1. The molecule has 1 amide bonds. The molecule has 2 rings (SSSR count). The molecule has 5 heteroatoms. The van der Waals surface area contributed by atoms with Crippen molar-refractivity contribution in [2.24, 2.45) is 0 Å². The number of hydrogen-bond acceptors (Lipinski definition) is 2. The van der Waals surface area contributed by atoms with Gasteiger partial charge in [0.1, 0.15) is 11.6 Å². The van der Waals surface area contributed by atoms with Crippen molar-refractivity contribution < 1.29 is 13.9 Å². The van der Waals surface area contributed by atoms with Crippen LogP contribution in [0.5, 0.6) is 5.75 Å². The van der Waals surface area contributed by atoms with Gasteiger partial charge in [-0.1, -0.05) is 6.07 Å². The summed E-state index contributed by atoms with van der Waals surface area (Å²) in [5.41, 5.74) is 0.589. The quantitative estimate of drug-likeness (QED) is 0.806. The van der Waals surface area contributed by atoms with Crippen LogP contribution in [0.15, 0.2) is 42.5 Å². The van der Waals surface area contributed by atoms with E-state index in [4.69, 9.17) is 4.74 Å². The van der Waals surface area contributed by atoms with E-state index >= 15 is 0 Å². The zero-order valence-corrected chi connectivity index (χ0v) is 13.0. The summed E-state index contributed by atoms with van der Waals surface area (Å²) in [6, 6.07) is 11.4. The molecule has 0 aromatic heterocycles. The Morgan fingerprint density at radius 1 is 1.30 bits per heavy atom. The Balaban J connectivity index is 2.17. The van der Waals surface area contributed by atoms with Crippen LogP contribution in [-0.2, 0) is 0 Å². The number of nitrogens with one attached hydrogen (secondary N) is 1. The zero-order chi connectivity index (χ0) is 14.5. The molecule has 0 unspecified atom stereocenters. The van der Waals surface area contributed by atoms with Crippen LogP contribution in [-0.4, -0.2) is 12.5 Å². The summed E-state index contributed by atoms with van der Waals surface area (Å²) in [4.78, 5) is 12.1. The molecule has 0 aliphatic rings. The topological polar surface area (TPSA) is 38.3 Å². The van der Waals surface area contributed by atoms with E-state index in [-0.39, 0.29) is 11.6 Å². The highest BCUT2D eigenvalue weighted by Crippen LogP contribution is 2.19. The lowest BCUT2D eigenvalue weighted by Crippen LogP contribution is -2.13. The van der Waals surface area contributed by atoms with E-state index < -0.39 is 5.82 Å². The van der Waals surface area contributed by atoms with Gasteiger partial charge in [0, 0.05) is 9.13 Å². The smallest absolute Gasteiger partial charge is 0.255 e. The van der Waals surface area contributed by atoms with Crippen molar-refractivity contribution in [3.8, 4) is 5.75 Å². The normalized spacial score (nSPS) is 10.2. The molecule has 0 aliphatic heterocycles. The molecule has 3 nitrogen and oxygen atoms in total. The highest BCUT2D eigenvalue weighted by molar-refractivity contribution is 14.1. The molecule has 0 bridgehead atoms. The van der Waals surface area contributed by atoms with Gasteiger partial charge in [0.05, 0.1) is 12.3 Å². The highest BCUT2D eigenvalue weighted by Gasteiger charge is 2.10. The Kier molecular flexibility index (Phi) is 4.94. The Bertz CT molecular complexity index is 631. The maximum atomic E-state index is 13.7. The summed E-state index contributed by atoms with van der Waals surface area (Å²) in [5.74, 6) is -0.207. The fraction of sp³-hybridized carbons (Fsp3) is 0.133. The largest absolute Gasteiger partial charge is 0.494 e. The number of ether oxygens (including phenoxy) is 1. The average molecular weight is 385 g/mol. The lowest BCUT2D eigenvalue weighted by atomic mass is 10.2. The van der Waals surface area contributed by atoms with E-state index in [1.165, 1.54) is 6.07 Å². The monoisotopic (exact) mass is 385 g/mol. The van der Waals surface area contributed by atoms with Gasteiger partial charge in [-0.05, 0) is 65.9 Å². The average Bonchev–Trinajstić information content (AvgIpc) is 2.42. The fourth-order valence-electron chi connectivity index (χ4n) is 1.68. The second-order valence-corrected chi connectivity index (χ2v) is 5.28. The third-order valence-electron chi connectivity index (χ3n) is 2.59. The van der Waals surface area contributed by atoms with Crippen LogP contribution in [0.25, 0.3) is 0 Å². The summed E-state index contributed by atoms with van der Waals surface area (Å²) >= 11 is 2.01. The number of carbonyl (C=O) groups is 1. The first-order chi connectivity index (χ1) is 9.60. The Morgan fingerprint density at radius 3 is 2.80 bits per heavy atom. The first kappa shape index (κ1) is 14.8. The van der Waals surface area contributed by atoms with Crippen molar-refractivity contribution in [1.82, 2.24) is 0 Å². The minimum absolute atomic E-state index is 0.164. The van der Waals surface area contributed by atoms with Crippen LogP contribution in [0.2, 0.25) is 0 Å². The molecule has 0 heterocycles. The van der Waals surface area contributed by atoms with Gasteiger partial charge in [-0.3, -0.25) is 4.79 Å². The lowest BCUT2D eigenvalue weighted by molar-refractivity contribution is 0.102. The standard InChI is InChI=1S/C15H13FINO2/c1-2-20-12-5-3-4-10(8-12)15(19)18-14-7-6-11(17)9-13(14)16/h3-9H,2H2,1H3,(H,18,19). The van der Waals surface area contributed by atoms with E-state index in [1.807, 2.05) is 29.5 Å². The maximum absolute atomic E-state index is 13.7.